The van der Waals surface area contributed by atoms with Gasteiger partial charge in [0.15, 0.2) is 6.23 Å². The van der Waals surface area contributed by atoms with Crippen LogP contribution in [0.15, 0.2) is 6.33 Å². The molecule has 1 amide bonds. The molecule has 0 unspecified atom stereocenters. The lowest BCUT2D eigenvalue weighted by Gasteiger charge is -2.23. The van der Waals surface area contributed by atoms with Gasteiger partial charge in [0.25, 0.3) is 5.91 Å². The molecule has 0 aliphatic carbocycles. The molecule has 2 saturated heterocycles. The second kappa shape index (κ2) is 7.44. The summed E-state index contributed by atoms with van der Waals surface area (Å²) >= 11 is 0. The summed E-state index contributed by atoms with van der Waals surface area (Å²) in [5, 5.41) is 27.1. The van der Waals surface area contributed by atoms with E-state index in [2.05, 4.69) is 15.4 Å². The molecule has 11 nitrogen and oxygen atoms in total. The average molecular weight is 355 g/mol. The number of ether oxygens (including phenoxy) is 2. The van der Waals surface area contributed by atoms with Gasteiger partial charge in [-0.2, -0.15) is 0 Å². The molecular weight excluding hydrogens is 334 g/mol. The number of esters is 1. The molecule has 11 heteroatoms. The molecule has 5 N–H and O–H groups in total. The first-order valence-corrected chi connectivity index (χ1v) is 8.10. The second-order valence-corrected chi connectivity index (χ2v) is 6.09. The van der Waals surface area contributed by atoms with Crippen molar-refractivity contribution in [3.63, 3.8) is 0 Å². The number of rotatable bonds is 5. The molecule has 138 valence electrons. The molecule has 3 heterocycles. The van der Waals surface area contributed by atoms with E-state index >= 15 is 0 Å². The normalized spacial score (nSPS) is 32.5. The van der Waals surface area contributed by atoms with Crippen LogP contribution in [0.3, 0.4) is 0 Å². The van der Waals surface area contributed by atoms with Crippen molar-refractivity contribution in [1.29, 1.82) is 0 Å². The lowest BCUT2D eigenvalue weighted by Crippen LogP contribution is -2.43. The number of primary amides is 1. The van der Waals surface area contributed by atoms with E-state index in [4.69, 9.17) is 15.2 Å². The van der Waals surface area contributed by atoms with E-state index in [1.165, 1.54) is 6.33 Å². The van der Waals surface area contributed by atoms with Gasteiger partial charge in [-0.05, 0) is 19.4 Å². The first kappa shape index (κ1) is 17.7. The van der Waals surface area contributed by atoms with Crippen LogP contribution in [0, 0.1) is 0 Å². The molecule has 0 radical (unpaired) electrons. The highest BCUT2D eigenvalue weighted by atomic mass is 16.6. The SMILES string of the molecule is NC(=O)c1ncn([C@@H]2O[C@H](COC(=O)[C@@H]3CCCCN3)[C@@H](O)[C@H]2O)n1. The van der Waals surface area contributed by atoms with Gasteiger partial charge in [0, 0.05) is 0 Å². The van der Waals surface area contributed by atoms with E-state index in [9.17, 15) is 19.8 Å². The molecule has 2 aliphatic rings. The predicted molar refractivity (Wildman–Crippen MR) is 81.1 cm³/mol. The van der Waals surface area contributed by atoms with Crippen LogP contribution in [0.4, 0.5) is 0 Å². The Morgan fingerprint density at radius 2 is 2.20 bits per heavy atom. The van der Waals surface area contributed by atoms with Crippen LogP contribution in [0.2, 0.25) is 0 Å². The minimum absolute atomic E-state index is 0.205. The van der Waals surface area contributed by atoms with Gasteiger partial charge in [-0.25, -0.2) is 9.67 Å². The van der Waals surface area contributed by atoms with Crippen molar-refractivity contribution in [2.75, 3.05) is 13.2 Å². The van der Waals surface area contributed by atoms with Gasteiger partial charge in [-0.3, -0.25) is 9.59 Å². The van der Waals surface area contributed by atoms with Crippen LogP contribution in [0.1, 0.15) is 36.1 Å². The predicted octanol–water partition coefficient (Wildman–Crippen LogP) is -2.32. The van der Waals surface area contributed by atoms with Crippen LogP contribution in [-0.2, 0) is 14.3 Å². The number of hydrogen-bond donors (Lipinski definition) is 4. The standard InChI is InChI=1S/C14H21N5O6/c15-11(22)12-17-6-19(18-12)13-10(21)9(20)8(25-13)5-24-14(23)7-3-1-2-4-16-7/h6-10,13,16,20-21H,1-5H2,(H2,15,22)/t7-,8+,9+,10+,13+/m0/s1. The number of nitrogens with two attached hydrogens (primary N) is 1. The minimum atomic E-state index is -1.32. The lowest BCUT2D eigenvalue weighted by atomic mass is 10.1. The smallest absolute Gasteiger partial charge is 0.323 e. The highest BCUT2D eigenvalue weighted by Crippen LogP contribution is 2.29. The van der Waals surface area contributed by atoms with Crippen LogP contribution in [0.25, 0.3) is 0 Å². The molecule has 0 aromatic carbocycles. The number of aliphatic hydroxyl groups is 2. The number of hydrogen-bond acceptors (Lipinski definition) is 9. The van der Waals surface area contributed by atoms with Crippen LogP contribution in [0.5, 0.6) is 0 Å². The zero-order chi connectivity index (χ0) is 18.0. The molecule has 0 spiro atoms. The molecule has 0 saturated carbocycles. The minimum Gasteiger partial charge on any atom is -0.462 e. The fraction of sp³-hybridized carbons (Fsp3) is 0.714. The second-order valence-electron chi connectivity index (χ2n) is 6.09. The topological polar surface area (TPSA) is 162 Å². The quantitative estimate of drug-likeness (QED) is 0.425. The number of carbonyl (C=O) groups is 2. The van der Waals surface area contributed by atoms with Crippen molar-refractivity contribution in [3.05, 3.63) is 12.2 Å². The number of nitrogens with zero attached hydrogens (tertiary/aromatic N) is 3. The highest BCUT2D eigenvalue weighted by molar-refractivity contribution is 5.88. The molecule has 5 atom stereocenters. The zero-order valence-corrected chi connectivity index (χ0v) is 13.4. The summed E-state index contributed by atoms with van der Waals surface area (Å²) in [4.78, 5) is 26.7. The molecule has 25 heavy (non-hydrogen) atoms. The van der Waals surface area contributed by atoms with Gasteiger partial charge in [0.05, 0.1) is 0 Å². The maximum atomic E-state index is 12.0. The Kier molecular flexibility index (Phi) is 5.27. The molecule has 2 aliphatic heterocycles. The van der Waals surface area contributed by atoms with Gasteiger partial charge in [-0.15, -0.1) is 5.10 Å². The Bertz CT molecular complexity index is 631. The Balaban J connectivity index is 1.57. The largest absolute Gasteiger partial charge is 0.462 e. The first-order valence-electron chi connectivity index (χ1n) is 8.10. The molecule has 2 fully saturated rings. The van der Waals surface area contributed by atoms with Gasteiger partial charge in [0.2, 0.25) is 5.82 Å². The Morgan fingerprint density at radius 3 is 2.84 bits per heavy atom. The van der Waals surface area contributed by atoms with Gasteiger partial charge >= 0.3 is 5.97 Å². The van der Waals surface area contributed by atoms with Crippen LogP contribution in [-0.4, -0.2) is 74.4 Å². The number of aliphatic hydroxyl groups excluding tert-OH is 2. The first-order chi connectivity index (χ1) is 12.0. The summed E-state index contributed by atoms with van der Waals surface area (Å²) in [5.41, 5.74) is 5.07. The third-order valence-electron chi connectivity index (χ3n) is 4.31. The zero-order valence-electron chi connectivity index (χ0n) is 13.4. The van der Waals surface area contributed by atoms with Crippen LogP contribution < -0.4 is 11.1 Å². The molecule has 1 aromatic rings. The molecule has 0 bridgehead atoms. The number of nitrogens with one attached hydrogen (secondary N) is 1. The monoisotopic (exact) mass is 355 g/mol. The number of carbonyl (C=O) groups excluding carboxylic acids is 2. The summed E-state index contributed by atoms with van der Waals surface area (Å²) in [7, 11) is 0. The van der Waals surface area contributed by atoms with Crippen molar-refractivity contribution < 1.29 is 29.3 Å². The van der Waals surface area contributed by atoms with Gasteiger partial charge in [-0.1, -0.05) is 6.42 Å². The van der Waals surface area contributed by atoms with Crippen molar-refractivity contribution in [2.45, 2.75) is 49.8 Å². The lowest BCUT2D eigenvalue weighted by molar-refractivity contribution is -0.153. The Morgan fingerprint density at radius 1 is 1.40 bits per heavy atom. The van der Waals surface area contributed by atoms with E-state index in [0.717, 1.165) is 24.1 Å². The van der Waals surface area contributed by atoms with E-state index in [0.29, 0.717) is 6.42 Å². The van der Waals surface area contributed by atoms with Crippen molar-refractivity contribution in [1.82, 2.24) is 20.1 Å². The van der Waals surface area contributed by atoms with E-state index in [1.54, 1.807) is 0 Å². The summed E-state index contributed by atoms with van der Waals surface area (Å²) in [5.74, 6) is -1.47. The number of aromatic nitrogens is 3. The van der Waals surface area contributed by atoms with Gasteiger partial charge in [0.1, 0.15) is 37.3 Å². The maximum Gasteiger partial charge on any atom is 0.323 e. The molecule has 1 aromatic heterocycles. The highest BCUT2D eigenvalue weighted by Gasteiger charge is 2.45. The number of piperidine rings is 1. The summed E-state index contributed by atoms with van der Waals surface area (Å²) in [6.45, 7) is 0.556. The Labute approximate surface area is 143 Å². The van der Waals surface area contributed by atoms with Crippen molar-refractivity contribution in [3.8, 4) is 0 Å². The average Bonchev–Trinajstić information content (AvgIpc) is 3.20. The maximum absolute atomic E-state index is 12.0. The summed E-state index contributed by atoms with van der Waals surface area (Å²) in [6.07, 6.45) is -0.746. The molecular formula is C14H21N5O6. The van der Waals surface area contributed by atoms with E-state index < -0.39 is 36.4 Å². The summed E-state index contributed by atoms with van der Waals surface area (Å²) < 4.78 is 11.8. The van der Waals surface area contributed by atoms with Crippen LogP contribution >= 0.6 is 0 Å². The van der Waals surface area contributed by atoms with Crippen molar-refractivity contribution >= 4 is 11.9 Å². The summed E-state index contributed by atoms with van der Waals surface area (Å²) in [6, 6.07) is -0.360. The fourth-order valence-corrected chi connectivity index (χ4v) is 2.91. The Hall–Kier alpha value is -2.08. The van der Waals surface area contributed by atoms with E-state index in [-0.39, 0.29) is 18.5 Å². The van der Waals surface area contributed by atoms with Gasteiger partial charge < -0.3 is 30.7 Å². The third kappa shape index (κ3) is 3.79. The fourth-order valence-electron chi connectivity index (χ4n) is 2.91. The van der Waals surface area contributed by atoms with Crippen molar-refractivity contribution in [2.24, 2.45) is 5.73 Å². The third-order valence-corrected chi connectivity index (χ3v) is 4.31. The number of amides is 1. The van der Waals surface area contributed by atoms with E-state index in [1.807, 2.05) is 0 Å². The molecule has 3 rings (SSSR count).